The molecule has 86 valence electrons. The number of benzene rings is 1. The van der Waals surface area contributed by atoms with Gasteiger partial charge in [-0.05, 0) is 60.1 Å². The average Bonchev–Trinajstić information content (AvgIpc) is 2.18. The third kappa shape index (κ3) is 4.87. The second-order valence-electron chi connectivity index (χ2n) is 3.18. The quantitative estimate of drug-likeness (QED) is 0.843. The van der Waals surface area contributed by atoms with Crippen molar-refractivity contribution in [1.29, 1.82) is 0 Å². The van der Waals surface area contributed by atoms with E-state index in [1.165, 1.54) is 5.56 Å². The first-order valence-corrected chi connectivity index (χ1v) is 5.54. The van der Waals surface area contributed by atoms with E-state index in [0.717, 1.165) is 29.6 Å². The highest BCUT2D eigenvalue weighted by Gasteiger charge is 2.00. The highest BCUT2D eigenvalue weighted by Crippen LogP contribution is 2.25. The van der Waals surface area contributed by atoms with E-state index in [4.69, 9.17) is 4.74 Å². The van der Waals surface area contributed by atoms with Crippen LogP contribution in [0.5, 0.6) is 5.75 Å². The Bertz CT molecular complexity index is 294. The Balaban J connectivity index is 0.00000196. The summed E-state index contributed by atoms with van der Waals surface area (Å²) in [6.07, 6.45) is 2.26. The summed E-state index contributed by atoms with van der Waals surface area (Å²) in [6, 6.07) is 6.23. The molecule has 0 fully saturated rings. The molecule has 2 nitrogen and oxygen atoms in total. The van der Waals surface area contributed by atoms with Crippen molar-refractivity contribution in [2.45, 2.75) is 12.8 Å². The summed E-state index contributed by atoms with van der Waals surface area (Å²) in [5.41, 5.74) is 1.34. The highest BCUT2D eigenvalue weighted by atomic mass is 79.9. The van der Waals surface area contributed by atoms with Crippen molar-refractivity contribution in [1.82, 2.24) is 5.32 Å². The maximum Gasteiger partial charge on any atom is 0.133 e. The van der Waals surface area contributed by atoms with Gasteiger partial charge in [0.1, 0.15) is 5.75 Å². The van der Waals surface area contributed by atoms with Crippen LogP contribution in [-0.2, 0) is 6.42 Å². The predicted molar refractivity (Wildman–Crippen MR) is 70.2 cm³/mol. The normalized spacial score (nSPS) is 9.53. The van der Waals surface area contributed by atoms with Crippen LogP contribution in [0, 0.1) is 0 Å². The molecule has 0 aliphatic carbocycles. The van der Waals surface area contributed by atoms with Crippen molar-refractivity contribution in [2.24, 2.45) is 0 Å². The average molecular weight is 295 g/mol. The van der Waals surface area contributed by atoms with Crippen molar-refractivity contribution in [3.63, 3.8) is 0 Å². The molecule has 1 rings (SSSR count). The van der Waals surface area contributed by atoms with Crippen LogP contribution in [0.3, 0.4) is 0 Å². The number of nitrogens with one attached hydrogen (secondary N) is 1. The second-order valence-corrected chi connectivity index (χ2v) is 4.03. The molecule has 0 bridgehead atoms. The molecule has 0 spiro atoms. The van der Waals surface area contributed by atoms with Crippen molar-refractivity contribution < 1.29 is 4.74 Å². The van der Waals surface area contributed by atoms with Gasteiger partial charge in [0.05, 0.1) is 11.6 Å². The van der Waals surface area contributed by atoms with Crippen LogP contribution in [0.25, 0.3) is 0 Å². The Morgan fingerprint density at radius 2 is 2.13 bits per heavy atom. The van der Waals surface area contributed by atoms with E-state index < -0.39 is 0 Å². The van der Waals surface area contributed by atoms with E-state index in [1.54, 1.807) is 7.11 Å². The Hall–Kier alpha value is -0.250. The zero-order chi connectivity index (χ0) is 10.4. The molecule has 0 aliphatic heterocycles. The molecule has 0 radical (unpaired) electrons. The molecule has 1 aromatic carbocycles. The van der Waals surface area contributed by atoms with Crippen LogP contribution >= 0.6 is 28.3 Å². The van der Waals surface area contributed by atoms with Crippen molar-refractivity contribution in [3.8, 4) is 5.75 Å². The number of hydrogen-bond donors (Lipinski definition) is 1. The maximum atomic E-state index is 5.17. The number of ether oxygens (including phenoxy) is 1. The molecule has 0 saturated carbocycles. The van der Waals surface area contributed by atoms with Crippen LogP contribution in [0.4, 0.5) is 0 Å². The minimum absolute atomic E-state index is 0. The molecule has 0 amide bonds. The van der Waals surface area contributed by atoms with E-state index >= 15 is 0 Å². The number of methoxy groups -OCH3 is 1. The molecule has 0 aromatic heterocycles. The molecule has 0 aliphatic rings. The van der Waals surface area contributed by atoms with Gasteiger partial charge in [0.25, 0.3) is 0 Å². The third-order valence-corrected chi connectivity index (χ3v) is 2.73. The topological polar surface area (TPSA) is 21.3 Å². The summed E-state index contributed by atoms with van der Waals surface area (Å²) in [6.45, 7) is 1.06. The molecule has 1 aromatic rings. The molecule has 0 unspecified atom stereocenters. The molecule has 0 atom stereocenters. The van der Waals surface area contributed by atoms with Crippen LogP contribution in [0.1, 0.15) is 12.0 Å². The standard InChI is InChI=1S/C11H16BrNO.ClH/c1-13-7-3-4-9-5-6-11(14-2)10(12)8-9;/h5-6,8,13H,3-4,7H2,1-2H3;1H. The molecule has 1 N–H and O–H groups in total. The fourth-order valence-corrected chi connectivity index (χ4v) is 1.92. The van der Waals surface area contributed by atoms with Crippen LogP contribution in [0.2, 0.25) is 0 Å². The third-order valence-electron chi connectivity index (χ3n) is 2.11. The highest BCUT2D eigenvalue weighted by molar-refractivity contribution is 9.10. The fourth-order valence-electron chi connectivity index (χ4n) is 1.33. The van der Waals surface area contributed by atoms with E-state index in [-0.39, 0.29) is 12.4 Å². The van der Waals surface area contributed by atoms with Gasteiger partial charge in [-0.1, -0.05) is 6.07 Å². The Labute approximate surface area is 106 Å². The smallest absolute Gasteiger partial charge is 0.133 e. The summed E-state index contributed by atoms with van der Waals surface area (Å²) in [4.78, 5) is 0. The van der Waals surface area contributed by atoms with Gasteiger partial charge < -0.3 is 10.1 Å². The molecule has 4 heteroatoms. The molecule has 0 heterocycles. The number of hydrogen-bond acceptors (Lipinski definition) is 2. The number of rotatable bonds is 5. The molecular weight excluding hydrogens is 277 g/mol. The van der Waals surface area contributed by atoms with Crippen LogP contribution < -0.4 is 10.1 Å². The molecular formula is C11H17BrClNO. The fraction of sp³-hybridized carbons (Fsp3) is 0.455. The van der Waals surface area contributed by atoms with Gasteiger partial charge >= 0.3 is 0 Å². The van der Waals surface area contributed by atoms with Gasteiger partial charge in [0.2, 0.25) is 0 Å². The van der Waals surface area contributed by atoms with Gasteiger partial charge in [-0.3, -0.25) is 0 Å². The maximum absolute atomic E-state index is 5.17. The lowest BCUT2D eigenvalue weighted by molar-refractivity contribution is 0.412. The second kappa shape index (κ2) is 7.97. The lowest BCUT2D eigenvalue weighted by Crippen LogP contribution is -2.08. The summed E-state index contributed by atoms with van der Waals surface area (Å²) in [5, 5.41) is 3.14. The largest absolute Gasteiger partial charge is 0.496 e. The summed E-state index contributed by atoms with van der Waals surface area (Å²) in [7, 11) is 3.66. The Morgan fingerprint density at radius 3 is 2.67 bits per heavy atom. The van der Waals surface area contributed by atoms with Crippen LogP contribution in [0.15, 0.2) is 22.7 Å². The van der Waals surface area contributed by atoms with Gasteiger partial charge in [0, 0.05) is 0 Å². The van der Waals surface area contributed by atoms with Crippen molar-refractivity contribution >= 4 is 28.3 Å². The Kier molecular flexibility index (Phi) is 7.83. The van der Waals surface area contributed by atoms with Gasteiger partial charge in [-0.25, -0.2) is 0 Å². The van der Waals surface area contributed by atoms with E-state index in [0.29, 0.717) is 0 Å². The first-order valence-electron chi connectivity index (χ1n) is 4.75. The predicted octanol–water partition coefficient (Wildman–Crippen LogP) is 3.03. The van der Waals surface area contributed by atoms with Gasteiger partial charge in [-0.15, -0.1) is 12.4 Å². The van der Waals surface area contributed by atoms with Gasteiger partial charge in [0.15, 0.2) is 0 Å². The summed E-state index contributed by atoms with van der Waals surface area (Å²) >= 11 is 3.48. The number of halogens is 2. The summed E-state index contributed by atoms with van der Waals surface area (Å²) in [5.74, 6) is 0.891. The Morgan fingerprint density at radius 1 is 1.40 bits per heavy atom. The molecule has 0 saturated heterocycles. The zero-order valence-electron chi connectivity index (χ0n) is 9.05. The first-order chi connectivity index (χ1) is 6.77. The van der Waals surface area contributed by atoms with Crippen molar-refractivity contribution in [3.05, 3.63) is 28.2 Å². The zero-order valence-corrected chi connectivity index (χ0v) is 11.5. The lowest BCUT2D eigenvalue weighted by atomic mass is 10.1. The van der Waals surface area contributed by atoms with Gasteiger partial charge in [-0.2, -0.15) is 0 Å². The minimum Gasteiger partial charge on any atom is -0.496 e. The number of aryl methyl sites for hydroxylation is 1. The SMILES string of the molecule is CNCCCc1ccc(OC)c(Br)c1.Cl. The first kappa shape index (κ1) is 14.8. The van der Waals surface area contributed by atoms with E-state index in [1.807, 2.05) is 13.1 Å². The summed E-state index contributed by atoms with van der Waals surface area (Å²) < 4.78 is 6.20. The lowest BCUT2D eigenvalue weighted by Gasteiger charge is -2.06. The monoisotopic (exact) mass is 293 g/mol. The van der Waals surface area contributed by atoms with Crippen molar-refractivity contribution in [2.75, 3.05) is 20.7 Å². The van der Waals surface area contributed by atoms with E-state index in [9.17, 15) is 0 Å². The van der Waals surface area contributed by atoms with E-state index in [2.05, 4.69) is 33.4 Å². The minimum atomic E-state index is 0. The van der Waals surface area contributed by atoms with Crippen LogP contribution in [-0.4, -0.2) is 20.7 Å². The molecule has 15 heavy (non-hydrogen) atoms.